The number of benzene rings is 1. The first-order valence-corrected chi connectivity index (χ1v) is 8.90. The van der Waals surface area contributed by atoms with E-state index in [1.54, 1.807) is 33.4 Å². The molecule has 1 aromatic carbocycles. The normalized spacial score (nSPS) is 16.2. The Balaban J connectivity index is 1.40. The van der Waals surface area contributed by atoms with Gasteiger partial charge in [-0.2, -0.15) is 0 Å². The average Bonchev–Trinajstić information content (AvgIpc) is 3.28. The Morgan fingerprint density at radius 3 is 2.40 bits per heavy atom. The standard InChI is InChI=1S/C17H17N3O4S/c1-11-18-13(9-25-11)17(22)20-6-4-19(5-7-20)16(21)12-2-3-14-15(8-12)24-10-23-14/h2-3,8-9H,4-7,10H2,1H3. The Labute approximate surface area is 148 Å². The maximum Gasteiger partial charge on any atom is 0.273 e. The van der Waals surface area contributed by atoms with Gasteiger partial charge < -0.3 is 19.3 Å². The molecule has 0 saturated carbocycles. The van der Waals surface area contributed by atoms with Crippen LogP contribution in [-0.4, -0.2) is 59.6 Å². The molecule has 25 heavy (non-hydrogen) atoms. The van der Waals surface area contributed by atoms with E-state index < -0.39 is 0 Å². The molecular weight excluding hydrogens is 342 g/mol. The monoisotopic (exact) mass is 359 g/mol. The molecule has 8 heteroatoms. The summed E-state index contributed by atoms with van der Waals surface area (Å²) in [4.78, 5) is 32.8. The van der Waals surface area contributed by atoms with Gasteiger partial charge in [0, 0.05) is 37.1 Å². The van der Waals surface area contributed by atoms with Crippen LogP contribution in [-0.2, 0) is 0 Å². The highest BCUT2D eigenvalue weighted by Gasteiger charge is 2.27. The number of thiazole rings is 1. The number of rotatable bonds is 2. The van der Waals surface area contributed by atoms with Crippen molar-refractivity contribution in [2.24, 2.45) is 0 Å². The van der Waals surface area contributed by atoms with Crippen LogP contribution in [0.3, 0.4) is 0 Å². The molecule has 1 fully saturated rings. The number of piperazine rings is 1. The molecule has 0 radical (unpaired) electrons. The molecule has 0 aliphatic carbocycles. The Kier molecular flexibility index (Phi) is 4.04. The van der Waals surface area contributed by atoms with Crippen molar-refractivity contribution in [1.82, 2.24) is 14.8 Å². The molecule has 2 aliphatic heterocycles. The summed E-state index contributed by atoms with van der Waals surface area (Å²) in [7, 11) is 0. The SMILES string of the molecule is Cc1nc(C(=O)N2CCN(C(=O)c3ccc4c(c3)OCO4)CC2)cs1. The molecule has 2 aromatic rings. The van der Waals surface area contributed by atoms with E-state index in [9.17, 15) is 9.59 Å². The Hall–Kier alpha value is -2.61. The van der Waals surface area contributed by atoms with Gasteiger partial charge in [-0.3, -0.25) is 9.59 Å². The summed E-state index contributed by atoms with van der Waals surface area (Å²) in [6, 6.07) is 5.20. The highest BCUT2D eigenvalue weighted by Crippen LogP contribution is 2.32. The first-order valence-electron chi connectivity index (χ1n) is 8.02. The molecule has 2 amide bonds. The number of aryl methyl sites for hydroxylation is 1. The molecule has 0 unspecified atom stereocenters. The molecule has 2 aliphatic rings. The fourth-order valence-electron chi connectivity index (χ4n) is 2.95. The first-order chi connectivity index (χ1) is 12.1. The zero-order valence-electron chi connectivity index (χ0n) is 13.7. The third-order valence-corrected chi connectivity index (χ3v) is 5.09. The van der Waals surface area contributed by atoms with Gasteiger partial charge in [-0.05, 0) is 25.1 Å². The summed E-state index contributed by atoms with van der Waals surface area (Å²) in [6.45, 7) is 4.08. The van der Waals surface area contributed by atoms with Crippen molar-refractivity contribution in [3.05, 3.63) is 39.8 Å². The third-order valence-electron chi connectivity index (χ3n) is 4.31. The smallest absolute Gasteiger partial charge is 0.273 e. The fourth-order valence-corrected chi connectivity index (χ4v) is 3.54. The Morgan fingerprint density at radius 2 is 1.72 bits per heavy atom. The molecule has 0 bridgehead atoms. The number of hydrogen-bond donors (Lipinski definition) is 0. The summed E-state index contributed by atoms with van der Waals surface area (Å²) < 4.78 is 10.6. The molecule has 3 heterocycles. The van der Waals surface area contributed by atoms with E-state index in [0.717, 1.165) is 5.01 Å². The predicted molar refractivity (Wildman–Crippen MR) is 91.2 cm³/mol. The molecule has 130 valence electrons. The third kappa shape index (κ3) is 3.05. The van der Waals surface area contributed by atoms with Crippen molar-refractivity contribution in [2.45, 2.75) is 6.92 Å². The maximum atomic E-state index is 12.7. The van der Waals surface area contributed by atoms with Crippen molar-refractivity contribution in [1.29, 1.82) is 0 Å². The number of carbonyl (C=O) groups is 2. The van der Waals surface area contributed by atoms with E-state index in [1.165, 1.54) is 11.3 Å². The topological polar surface area (TPSA) is 72.0 Å². The van der Waals surface area contributed by atoms with Crippen molar-refractivity contribution >= 4 is 23.2 Å². The summed E-state index contributed by atoms with van der Waals surface area (Å²) in [5.41, 5.74) is 1.05. The van der Waals surface area contributed by atoms with Crippen molar-refractivity contribution in [3.8, 4) is 11.5 Å². The van der Waals surface area contributed by atoms with Gasteiger partial charge in [-0.15, -0.1) is 11.3 Å². The van der Waals surface area contributed by atoms with Gasteiger partial charge in [-0.25, -0.2) is 4.98 Å². The zero-order valence-corrected chi connectivity index (χ0v) is 14.5. The van der Waals surface area contributed by atoms with Crippen LogP contribution in [0.1, 0.15) is 25.9 Å². The lowest BCUT2D eigenvalue weighted by atomic mass is 10.1. The second kappa shape index (κ2) is 6.36. The molecular formula is C17H17N3O4S. The van der Waals surface area contributed by atoms with Crippen LogP contribution in [0.2, 0.25) is 0 Å². The molecule has 0 spiro atoms. The van der Waals surface area contributed by atoms with Crippen LogP contribution in [0.5, 0.6) is 11.5 Å². The van der Waals surface area contributed by atoms with Crippen molar-refractivity contribution in [3.63, 3.8) is 0 Å². The quantitative estimate of drug-likeness (QED) is 0.817. The van der Waals surface area contributed by atoms with Crippen molar-refractivity contribution in [2.75, 3.05) is 33.0 Å². The van der Waals surface area contributed by atoms with E-state index in [1.807, 2.05) is 6.92 Å². The van der Waals surface area contributed by atoms with Gasteiger partial charge in [-0.1, -0.05) is 0 Å². The number of amides is 2. The summed E-state index contributed by atoms with van der Waals surface area (Å²) in [5.74, 6) is 1.12. The van der Waals surface area contributed by atoms with Gasteiger partial charge in [0.1, 0.15) is 5.69 Å². The maximum absolute atomic E-state index is 12.7. The lowest BCUT2D eigenvalue weighted by Crippen LogP contribution is -2.50. The predicted octanol–water partition coefficient (Wildman–Crippen LogP) is 1.78. The Bertz CT molecular complexity index is 827. The lowest BCUT2D eigenvalue weighted by Gasteiger charge is -2.34. The minimum atomic E-state index is -0.0699. The van der Waals surface area contributed by atoms with E-state index in [4.69, 9.17) is 9.47 Å². The number of carbonyl (C=O) groups excluding carboxylic acids is 2. The van der Waals surface area contributed by atoms with Crippen LogP contribution in [0.15, 0.2) is 23.6 Å². The summed E-state index contributed by atoms with van der Waals surface area (Å²) in [5, 5.41) is 2.65. The molecule has 0 atom stereocenters. The molecule has 0 N–H and O–H groups in total. The number of fused-ring (bicyclic) bond motifs is 1. The Morgan fingerprint density at radius 1 is 1.04 bits per heavy atom. The summed E-state index contributed by atoms with van der Waals surface area (Å²) >= 11 is 1.46. The lowest BCUT2D eigenvalue weighted by molar-refractivity contribution is 0.0532. The van der Waals surface area contributed by atoms with Crippen LogP contribution in [0, 0.1) is 6.92 Å². The number of hydrogen-bond acceptors (Lipinski definition) is 6. The van der Waals surface area contributed by atoms with Gasteiger partial charge in [0.15, 0.2) is 11.5 Å². The van der Waals surface area contributed by atoms with Gasteiger partial charge in [0.05, 0.1) is 5.01 Å². The van der Waals surface area contributed by atoms with Gasteiger partial charge in [0.2, 0.25) is 6.79 Å². The molecule has 1 saturated heterocycles. The van der Waals surface area contributed by atoms with E-state index in [2.05, 4.69) is 4.98 Å². The largest absolute Gasteiger partial charge is 0.454 e. The summed E-state index contributed by atoms with van der Waals surface area (Å²) in [6.07, 6.45) is 0. The number of aromatic nitrogens is 1. The minimum absolute atomic E-state index is 0.0603. The number of nitrogens with zero attached hydrogens (tertiary/aromatic N) is 3. The minimum Gasteiger partial charge on any atom is -0.454 e. The highest BCUT2D eigenvalue weighted by atomic mass is 32.1. The average molecular weight is 359 g/mol. The highest BCUT2D eigenvalue weighted by molar-refractivity contribution is 7.09. The second-order valence-corrected chi connectivity index (χ2v) is 6.97. The van der Waals surface area contributed by atoms with Crippen LogP contribution < -0.4 is 9.47 Å². The molecule has 4 rings (SSSR count). The first kappa shape index (κ1) is 15.9. The van der Waals surface area contributed by atoms with Crippen LogP contribution in [0.25, 0.3) is 0 Å². The van der Waals surface area contributed by atoms with Crippen molar-refractivity contribution < 1.29 is 19.1 Å². The van der Waals surface area contributed by atoms with E-state index in [-0.39, 0.29) is 18.6 Å². The number of ether oxygens (including phenoxy) is 2. The molecule has 1 aromatic heterocycles. The van der Waals surface area contributed by atoms with Crippen LogP contribution >= 0.6 is 11.3 Å². The van der Waals surface area contributed by atoms with Gasteiger partial charge in [0.25, 0.3) is 11.8 Å². The molecule has 7 nitrogen and oxygen atoms in total. The second-order valence-electron chi connectivity index (χ2n) is 5.90. The van der Waals surface area contributed by atoms with E-state index in [0.29, 0.717) is 48.9 Å². The fraction of sp³-hybridized carbons (Fsp3) is 0.353. The zero-order chi connectivity index (χ0) is 17.4. The van der Waals surface area contributed by atoms with E-state index >= 15 is 0 Å². The van der Waals surface area contributed by atoms with Crippen LogP contribution in [0.4, 0.5) is 0 Å². The van der Waals surface area contributed by atoms with Gasteiger partial charge >= 0.3 is 0 Å².